The van der Waals surface area contributed by atoms with Gasteiger partial charge in [0, 0.05) is 0 Å². The fourth-order valence-electron chi connectivity index (χ4n) is 2.78. The van der Waals surface area contributed by atoms with Gasteiger partial charge in [-0.25, -0.2) is 4.79 Å². The molecule has 2 aromatic rings. The number of aryl methyl sites for hydroxylation is 1. The first kappa shape index (κ1) is 18.5. The van der Waals surface area contributed by atoms with Gasteiger partial charge in [0.2, 0.25) is 0 Å². The lowest BCUT2D eigenvalue weighted by Crippen LogP contribution is -1.96. The number of rotatable bonds is 5. The summed E-state index contributed by atoms with van der Waals surface area (Å²) in [5, 5.41) is 8.94. The molecule has 0 saturated carbocycles. The van der Waals surface area contributed by atoms with E-state index in [0.29, 0.717) is 5.56 Å². The van der Waals surface area contributed by atoms with Crippen LogP contribution >= 0.6 is 0 Å². The second kappa shape index (κ2) is 7.84. The van der Waals surface area contributed by atoms with Gasteiger partial charge in [-0.2, -0.15) is 0 Å². The van der Waals surface area contributed by atoms with E-state index in [9.17, 15) is 4.79 Å². The van der Waals surface area contributed by atoms with Crippen LogP contribution in [0.15, 0.2) is 42.0 Å². The van der Waals surface area contributed by atoms with Gasteiger partial charge in [0.05, 0.1) is 12.7 Å². The maximum absolute atomic E-state index is 10.9. The predicted molar refractivity (Wildman–Crippen MR) is 103 cm³/mol. The average molecular weight is 336 g/mol. The summed E-state index contributed by atoms with van der Waals surface area (Å²) in [4.78, 5) is 10.9. The summed E-state index contributed by atoms with van der Waals surface area (Å²) >= 11 is 0. The highest BCUT2D eigenvalue weighted by Gasteiger charge is 2.08. The average Bonchev–Trinajstić information content (AvgIpc) is 2.58. The Morgan fingerprint density at radius 1 is 1.08 bits per heavy atom. The van der Waals surface area contributed by atoms with Crippen molar-refractivity contribution in [3.8, 4) is 5.75 Å². The Morgan fingerprint density at radius 2 is 1.72 bits per heavy atom. The maximum atomic E-state index is 10.9. The number of ether oxygens (including phenoxy) is 1. The van der Waals surface area contributed by atoms with Crippen LogP contribution in [0.4, 0.5) is 0 Å². The van der Waals surface area contributed by atoms with E-state index in [1.807, 2.05) is 25.1 Å². The standard InChI is InChI=1S/C22H24O3/c1-14(12-18-7-9-19(10-8-18)22(23)24)6-11-20-15(2)13-21(25-5)17(4)16(20)3/h6-13H,1-5H3,(H,23,24). The van der Waals surface area contributed by atoms with Crippen molar-refractivity contribution >= 4 is 18.1 Å². The third-order valence-electron chi connectivity index (χ3n) is 4.39. The third kappa shape index (κ3) is 4.38. The minimum Gasteiger partial charge on any atom is -0.496 e. The van der Waals surface area contributed by atoms with Gasteiger partial charge < -0.3 is 9.84 Å². The molecule has 0 radical (unpaired) electrons. The molecule has 0 atom stereocenters. The number of allylic oxidation sites excluding steroid dienone is 2. The summed E-state index contributed by atoms with van der Waals surface area (Å²) < 4.78 is 5.42. The SMILES string of the molecule is COc1cc(C)c(C=CC(C)=Cc2ccc(C(=O)O)cc2)c(C)c1C. The molecule has 0 amide bonds. The highest BCUT2D eigenvalue weighted by atomic mass is 16.5. The molecule has 0 aromatic heterocycles. The van der Waals surface area contributed by atoms with Crippen LogP contribution in [0.25, 0.3) is 12.2 Å². The molecule has 0 aliphatic carbocycles. The van der Waals surface area contributed by atoms with Crippen LogP contribution in [0.2, 0.25) is 0 Å². The lowest BCUT2D eigenvalue weighted by atomic mass is 9.96. The van der Waals surface area contributed by atoms with E-state index in [-0.39, 0.29) is 0 Å². The molecular formula is C22H24O3. The molecule has 0 heterocycles. The normalized spacial score (nSPS) is 11.8. The number of carboxylic acids is 1. The van der Waals surface area contributed by atoms with Crippen molar-refractivity contribution in [2.75, 3.05) is 7.11 Å². The number of hydrogen-bond donors (Lipinski definition) is 1. The van der Waals surface area contributed by atoms with Crippen molar-refractivity contribution in [3.63, 3.8) is 0 Å². The van der Waals surface area contributed by atoms with E-state index in [4.69, 9.17) is 9.84 Å². The largest absolute Gasteiger partial charge is 0.496 e. The zero-order chi connectivity index (χ0) is 18.6. The Hall–Kier alpha value is -2.81. The molecule has 0 spiro atoms. The monoisotopic (exact) mass is 336 g/mol. The second-order valence-electron chi connectivity index (χ2n) is 6.21. The summed E-state index contributed by atoms with van der Waals surface area (Å²) in [7, 11) is 1.69. The molecule has 2 rings (SSSR count). The highest BCUT2D eigenvalue weighted by molar-refractivity contribution is 5.87. The van der Waals surface area contributed by atoms with Crippen molar-refractivity contribution in [3.05, 3.63) is 75.4 Å². The number of hydrogen-bond acceptors (Lipinski definition) is 2. The van der Waals surface area contributed by atoms with E-state index in [2.05, 4.69) is 39.0 Å². The molecule has 130 valence electrons. The van der Waals surface area contributed by atoms with Crippen LogP contribution in [0.5, 0.6) is 5.75 Å². The lowest BCUT2D eigenvalue weighted by Gasteiger charge is -2.13. The van der Waals surface area contributed by atoms with Crippen molar-refractivity contribution in [2.24, 2.45) is 0 Å². The van der Waals surface area contributed by atoms with Gasteiger partial charge in [-0.3, -0.25) is 0 Å². The molecular weight excluding hydrogens is 312 g/mol. The lowest BCUT2D eigenvalue weighted by molar-refractivity contribution is 0.0697. The quantitative estimate of drug-likeness (QED) is 0.740. The first-order valence-electron chi connectivity index (χ1n) is 8.18. The first-order valence-corrected chi connectivity index (χ1v) is 8.18. The van der Waals surface area contributed by atoms with E-state index in [0.717, 1.165) is 22.4 Å². The predicted octanol–water partition coefficient (Wildman–Crippen LogP) is 5.44. The number of carbonyl (C=O) groups is 1. The molecule has 0 saturated heterocycles. The first-order chi connectivity index (χ1) is 11.8. The summed E-state index contributed by atoms with van der Waals surface area (Å²) in [6.45, 7) is 8.28. The minimum atomic E-state index is -0.909. The fourth-order valence-corrected chi connectivity index (χ4v) is 2.78. The summed E-state index contributed by atoms with van der Waals surface area (Å²) in [5.74, 6) is 0.00547. The number of methoxy groups -OCH3 is 1. The van der Waals surface area contributed by atoms with Crippen LogP contribution in [-0.2, 0) is 0 Å². The molecule has 1 N–H and O–H groups in total. The Bertz CT molecular complexity index is 841. The third-order valence-corrected chi connectivity index (χ3v) is 4.39. The van der Waals surface area contributed by atoms with Gasteiger partial charge in [-0.1, -0.05) is 35.9 Å². The van der Waals surface area contributed by atoms with Crippen molar-refractivity contribution in [1.82, 2.24) is 0 Å². The van der Waals surface area contributed by atoms with Crippen molar-refractivity contribution in [1.29, 1.82) is 0 Å². The number of aromatic carboxylic acids is 1. The topological polar surface area (TPSA) is 46.5 Å². The highest BCUT2D eigenvalue weighted by Crippen LogP contribution is 2.28. The van der Waals surface area contributed by atoms with Crippen LogP contribution in [0.1, 0.15) is 45.1 Å². The van der Waals surface area contributed by atoms with Crippen LogP contribution < -0.4 is 4.74 Å². The minimum absolute atomic E-state index is 0.297. The van der Waals surface area contributed by atoms with E-state index in [1.54, 1.807) is 19.2 Å². The zero-order valence-electron chi connectivity index (χ0n) is 15.4. The molecule has 2 aromatic carbocycles. The maximum Gasteiger partial charge on any atom is 0.335 e. The Labute approximate surface area is 149 Å². The molecule has 25 heavy (non-hydrogen) atoms. The van der Waals surface area contributed by atoms with Gasteiger partial charge in [0.15, 0.2) is 0 Å². The second-order valence-corrected chi connectivity index (χ2v) is 6.21. The molecule has 3 heteroatoms. The van der Waals surface area contributed by atoms with Crippen LogP contribution in [0.3, 0.4) is 0 Å². The number of carboxylic acid groups (broad SMARTS) is 1. The van der Waals surface area contributed by atoms with Crippen molar-refractivity contribution in [2.45, 2.75) is 27.7 Å². The Kier molecular flexibility index (Phi) is 5.81. The van der Waals surface area contributed by atoms with Crippen molar-refractivity contribution < 1.29 is 14.6 Å². The summed E-state index contributed by atoms with van der Waals surface area (Å²) in [6, 6.07) is 8.92. The van der Waals surface area contributed by atoms with E-state index >= 15 is 0 Å². The zero-order valence-corrected chi connectivity index (χ0v) is 15.4. The van der Waals surface area contributed by atoms with Gasteiger partial charge in [-0.15, -0.1) is 0 Å². The van der Waals surface area contributed by atoms with Gasteiger partial charge in [-0.05, 0) is 73.7 Å². The Morgan fingerprint density at radius 3 is 2.28 bits per heavy atom. The van der Waals surface area contributed by atoms with E-state index < -0.39 is 5.97 Å². The fraction of sp³-hybridized carbons (Fsp3) is 0.227. The van der Waals surface area contributed by atoms with Gasteiger partial charge in [0.1, 0.15) is 5.75 Å². The van der Waals surface area contributed by atoms with E-state index in [1.165, 1.54) is 16.7 Å². The smallest absolute Gasteiger partial charge is 0.335 e. The molecule has 0 aliphatic rings. The number of benzene rings is 2. The molecule has 0 unspecified atom stereocenters. The van der Waals surface area contributed by atoms with Crippen LogP contribution in [-0.4, -0.2) is 18.2 Å². The van der Waals surface area contributed by atoms with Gasteiger partial charge >= 0.3 is 5.97 Å². The Balaban J connectivity index is 2.26. The molecule has 0 fully saturated rings. The van der Waals surface area contributed by atoms with Crippen LogP contribution in [0, 0.1) is 20.8 Å². The van der Waals surface area contributed by atoms with Gasteiger partial charge in [0.25, 0.3) is 0 Å². The molecule has 0 aliphatic heterocycles. The molecule has 0 bridgehead atoms. The molecule has 3 nitrogen and oxygen atoms in total. The summed E-state index contributed by atoms with van der Waals surface area (Å²) in [6.07, 6.45) is 6.23. The summed E-state index contributed by atoms with van der Waals surface area (Å²) in [5.41, 5.74) is 7.11.